The molecule has 0 aromatic heterocycles. The lowest BCUT2D eigenvalue weighted by atomic mass is 9.77. The van der Waals surface area contributed by atoms with E-state index in [4.69, 9.17) is 10.8 Å². The van der Waals surface area contributed by atoms with Gasteiger partial charge in [-0.1, -0.05) is 6.42 Å². The fraction of sp³-hybridized carbons (Fsp3) is 0.737. The number of carbonyl (C=O) groups is 2. The number of carbonyl (C=O) groups excluding carboxylic acids is 1. The standard InChI is InChI=1S/C19H32N4O3/c1-18(2)10-15(21)11-19(3,4)23(18)13-14(12-20)17(26)22-9-7-5-6-8-16(24)25/h13,15H,5-11,21H2,1-4H3,(H,22,26)(H,24,25)/b14-13-. The number of carboxylic acid groups (broad SMARTS) is 1. The summed E-state index contributed by atoms with van der Waals surface area (Å²) >= 11 is 0. The maximum Gasteiger partial charge on any atom is 0.303 e. The Morgan fingerprint density at radius 1 is 1.23 bits per heavy atom. The highest BCUT2D eigenvalue weighted by Crippen LogP contribution is 2.38. The number of unbranched alkanes of at least 4 members (excludes halogenated alkanes) is 2. The molecule has 26 heavy (non-hydrogen) atoms. The molecular weight excluding hydrogens is 332 g/mol. The first-order chi connectivity index (χ1) is 12.0. The molecule has 1 aliphatic heterocycles. The first-order valence-electron chi connectivity index (χ1n) is 9.16. The lowest BCUT2D eigenvalue weighted by Crippen LogP contribution is -2.61. The third-order valence-corrected chi connectivity index (χ3v) is 4.80. The molecule has 146 valence electrons. The Labute approximate surface area is 156 Å². The number of nitriles is 1. The van der Waals surface area contributed by atoms with Crippen molar-refractivity contribution in [2.75, 3.05) is 6.54 Å². The Morgan fingerprint density at radius 3 is 2.31 bits per heavy atom. The predicted octanol–water partition coefficient (Wildman–Crippen LogP) is 2.14. The molecular formula is C19H32N4O3. The van der Waals surface area contributed by atoms with E-state index in [1.807, 2.05) is 6.07 Å². The molecule has 0 unspecified atom stereocenters. The molecule has 7 nitrogen and oxygen atoms in total. The summed E-state index contributed by atoms with van der Waals surface area (Å²) in [5.41, 5.74) is 5.74. The SMILES string of the molecule is CC1(C)CC(N)CC(C)(C)N1/C=C(/C#N)C(=O)NCCCCCC(=O)O. The highest BCUT2D eigenvalue weighted by Gasteiger charge is 2.43. The van der Waals surface area contributed by atoms with Gasteiger partial charge in [-0.05, 0) is 53.4 Å². The van der Waals surface area contributed by atoms with E-state index in [0.29, 0.717) is 19.4 Å². The molecule has 1 heterocycles. The van der Waals surface area contributed by atoms with Gasteiger partial charge in [0.1, 0.15) is 11.6 Å². The van der Waals surface area contributed by atoms with Gasteiger partial charge in [-0.2, -0.15) is 5.26 Å². The second-order valence-electron chi connectivity index (χ2n) is 8.28. The van der Waals surface area contributed by atoms with Crippen LogP contribution in [0.3, 0.4) is 0 Å². The van der Waals surface area contributed by atoms with Crippen molar-refractivity contribution in [1.82, 2.24) is 10.2 Å². The molecule has 4 N–H and O–H groups in total. The lowest BCUT2D eigenvalue weighted by Gasteiger charge is -2.54. The van der Waals surface area contributed by atoms with Crippen molar-refractivity contribution in [3.63, 3.8) is 0 Å². The maximum absolute atomic E-state index is 12.3. The Bertz CT molecular complexity index is 572. The minimum atomic E-state index is -0.810. The van der Waals surface area contributed by atoms with Crippen LogP contribution in [0.1, 0.15) is 66.2 Å². The number of rotatable bonds is 8. The van der Waals surface area contributed by atoms with Gasteiger partial charge in [0.25, 0.3) is 5.91 Å². The Kier molecular flexibility index (Phi) is 7.64. The quantitative estimate of drug-likeness (QED) is 0.345. The first-order valence-corrected chi connectivity index (χ1v) is 9.16. The second-order valence-corrected chi connectivity index (χ2v) is 8.28. The number of likely N-dealkylation sites (tertiary alicyclic amines) is 1. The van der Waals surface area contributed by atoms with Crippen molar-refractivity contribution in [3.05, 3.63) is 11.8 Å². The zero-order valence-corrected chi connectivity index (χ0v) is 16.3. The second kappa shape index (κ2) is 9.04. The smallest absolute Gasteiger partial charge is 0.303 e. The molecule has 0 radical (unpaired) electrons. The molecule has 1 amide bonds. The summed E-state index contributed by atoms with van der Waals surface area (Å²) in [4.78, 5) is 24.9. The van der Waals surface area contributed by atoms with Gasteiger partial charge in [-0.15, -0.1) is 0 Å². The van der Waals surface area contributed by atoms with E-state index >= 15 is 0 Å². The highest BCUT2D eigenvalue weighted by atomic mass is 16.4. The summed E-state index contributed by atoms with van der Waals surface area (Å²) in [6, 6.07) is 2.09. The number of nitrogens with two attached hydrogens (primary N) is 1. The van der Waals surface area contributed by atoms with Crippen LogP contribution in [-0.4, -0.2) is 45.5 Å². The molecule has 1 saturated heterocycles. The first kappa shape index (κ1) is 22.0. The van der Waals surface area contributed by atoms with Crippen LogP contribution >= 0.6 is 0 Å². The van der Waals surface area contributed by atoms with E-state index in [9.17, 15) is 14.9 Å². The summed E-state index contributed by atoms with van der Waals surface area (Å²) in [5, 5.41) is 20.8. The lowest BCUT2D eigenvalue weighted by molar-refractivity contribution is -0.137. The number of nitrogens with zero attached hydrogens (tertiary/aromatic N) is 2. The van der Waals surface area contributed by atoms with Gasteiger partial charge in [0.15, 0.2) is 0 Å². The van der Waals surface area contributed by atoms with Gasteiger partial charge in [0, 0.05) is 36.3 Å². The van der Waals surface area contributed by atoms with Crippen molar-refractivity contribution in [3.8, 4) is 6.07 Å². The van der Waals surface area contributed by atoms with Crippen molar-refractivity contribution >= 4 is 11.9 Å². The molecule has 0 saturated carbocycles. The molecule has 0 aromatic carbocycles. The number of carboxylic acids is 1. The van der Waals surface area contributed by atoms with Crippen molar-refractivity contribution < 1.29 is 14.7 Å². The molecule has 0 aliphatic carbocycles. The average Bonchev–Trinajstić information content (AvgIpc) is 2.48. The van der Waals surface area contributed by atoms with Crippen LogP contribution in [0.15, 0.2) is 11.8 Å². The van der Waals surface area contributed by atoms with Gasteiger partial charge in [-0.3, -0.25) is 9.59 Å². The van der Waals surface area contributed by atoms with Crippen LogP contribution < -0.4 is 11.1 Å². The molecule has 0 bridgehead atoms. The largest absolute Gasteiger partial charge is 0.481 e. The van der Waals surface area contributed by atoms with Crippen LogP contribution in [0, 0.1) is 11.3 Å². The molecule has 0 atom stereocenters. The van der Waals surface area contributed by atoms with Crippen LogP contribution in [0.5, 0.6) is 0 Å². The van der Waals surface area contributed by atoms with E-state index in [0.717, 1.165) is 19.3 Å². The zero-order valence-electron chi connectivity index (χ0n) is 16.3. The van der Waals surface area contributed by atoms with Crippen molar-refractivity contribution in [2.24, 2.45) is 5.73 Å². The minimum absolute atomic E-state index is 0.0761. The number of amides is 1. The van der Waals surface area contributed by atoms with Gasteiger partial charge < -0.3 is 21.1 Å². The van der Waals surface area contributed by atoms with Crippen LogP contribution in [0.2, 0.25) is 0 Å². The van der Waals surface area contributed by atoms with Gasteiger partial charge in [-0.25, -0.2) is 0 Å². The fourth-order valence-electron chi connectivity index (χ4n) is 3.86. The van der Waals surface area contributed by atoms with E-state index in [2.05, 4.69) is 37.9 Å². The van der Waals surface area contributed by atoms with Crippen LogP contribution in [-0.2, 0) is 9.59 Å². The monoisotopic (exact) mass is 364 g/mol. The number of nitrogens with one attached hydrogen (secondary N) is 1. The number of aliphatic carboxylic acids is 1. The summed E-state index contributed by atoms with van der Waals surface area (Å²) in [7, 11) is 0. The van der Waals surface area contributed by atoms with Crippen molar-refractivity contribution in [1.29, 1.82) is 5.26 Å². The molecule has 1 aliphatic rings. The average molecular weight is 364 g/mol. The Morgan fingerprint density at radius 2 is 1.81 bits per heavy atom. The summed E-state index contributed by atoms with van der Waals surface area (Å²) in [6.07, 6.45) is 5.37. The van der Waals surface area contributed by atoms with Crippen LogP contribution in [0.25, 0.3) is 0 Å². The fourth-order valence-corrected chi connectivity index (χ4v) is 3.86. The number of hydrogen-bond acceptors (Lipinski definition) is 5. The molecule has 1 rings (SSSR count). The number of hydrogen-bond donors (Lipinski definition) is 3. The predicted molar refractivity (Wildman–Crippen MR) is 100 cm³/mol. The Balaban J connectivity index is 2.69. The summed E-state index contributed by atoms with van der Waals surface area (Å²) < 4.78 is 0. The Hall–Kier alpha value is -2.07. The van der Waals surface area contributed by atoms with Crippen molar-refractivity contribution in [2.45, 2.75) is 83.3 Å². The van der Waals surface area contributed by atoms with Crippen LogP contribution in [0.4, 0.5) is 0 Å². The maximum atomic E-state index is 12.3. The van der Waals surface area contributed by atoms with E-state index in [1.54, 1.807) is 6.20 Å². The van der Waals surface area contributed by atoms with Gasteiger partial charge in [0.05, 0.1) is 0 Å². The minimum Gasteiger partial charge on any atom is -0.481 e. The third kappa shape index (κ3) is 6.34. The molecule has 0 aromatic rings. The summed E-state index contributed by atoms with van der Waals surface area (Å²) in [6.45, 7) is 8.70. The third-order valence-electron chi connectivity index (χ3n) is 4.80. The van der Waals surface area contributed by atoms with Gasteiger partial charge in [0.2, 0.25) is 0 Å². The van der Waals surface area contributed by atoms with E-state index in [1.165, 1.54) is 0 Å². The molecule has 0 spiro atoms. The zero-order chi connectivity index (χ0) is 20.0. The normalized spacial score (nSPS) is 19.7. The van der Waals surface area contributed by atoms with E-state index in [-0.39, 0.29) is 29.1 Å². The molecule has 7 heteroatoms. The topological polar surface area (TPSA) is 119 Å². The molecule has 1 fully saturated rings. The van der Waals surface area contributed by atoms with Gasteiger partial charge >= 0.3 is 5.97 Å². The summed E-state index contributed by atoms with van der Waals surface area (Å²) in [5.74, 6) is -1.21. The van der Waals surface area contributed by atoms with E-state index < -0.39 is 11.9 Å². The number of piperidine rings is 1. The highest BCUT2D eigenvalue weighted by molar-refractivity contribution is 5.97.